The van der Waals surface area contributed by atoms with E-state index in [-0.39, 0.29) is 0 Å². The van der Waals surface area contributed by atoms with Gasteiger partial charge in [0.2, 0.25) is 0 Å². The highest BCUT2D eigenvalue weighted by Crippen LogP contribution is 2.29. The first-order chi connectivity index (χ1) is 11.5. The van der Waals surface area contributed by atoms with Crippen molar-refractivity contribution in [3.8, 4) is 16.9 Å². The van der Waals surface area contributed by atoms with Crippen LogP contribution in [0.2, 0.25) is 0 Å². The smallest absolute Gasteiger partial charge is 0.137 e. The van der Waals surface area contributed by atoms with Crippen LogP contribution in [0.15, 0.2) is 54.6 Å². The van der Waals surface area contributed by atoms with Crippen LogP contribution in [0.25, 0.3) is 11.1 Å². The number of quaternary nitrogens is 1. The molecular weight excluding hydrogens is 298 g/mol. The molecule has 0 saturated heterocycles. The molecule has 3 nitrogen and oxygen atoms in total. The molecule has 1 N–H and O–H groups in total. The SMILES string of the molecule is CC[N+](C)(CC(O)COc1ccccc1-c1ccccc1)C(C)C. The van der Waals surface area contributed by atoms with Gasteiger partial charge in [0.1, 0.15) is 25.0 Å². The molecule has 2 atom stereocenters. The number of hydrogen-bond donors (Lipinski definition) is 1. The van der Waals surface area contributed by atoms with E-state index < -0.39 is 6.10 Å². The second-order valence-corrected chi connectivity index (χ2v) is 6.90. The number of benzene rings is 2. The van der Waals surface area contributed by atoms with Crippen LogP contribution < -0.4 is 4.74 Å². The predicted molar refractivity (Wildman–Crippen MR) is 100 cm³/mol. The average Bonchev–Trinajstić information content (AvgIpc) is 2.60. The number of hydrogen-bond acceptors (Lipinski definition) is 2. The van der Waals surface area contributed by atoms with Crippen LogP contribution in [-0.2, 0) is 0 Å². The van der Waals surface area contributed by atoms with Crippen LogP contribution in [0.3, 0.4) is 0 Å². The summed E-state index contributed by atoms with van der Waals surface area (Å²) < 4.78 is 6.80. The van der Waals surface area contributed by atoms with E-state index >= 15 is 0 Å². The van der Waals surface area contributed by atoms with Crippen LogP contribution in [0.1, 0.15) is 20.8 Å². The average molecular weight is 328 g/mol. The second-order valence-electron chi connectivity index (χ2n) is 6.90. The quantitative estimate of drug-likeness (QED) is 0.743. The summed E-state index contributed by atoms with van der Waals surface area (Å²) in [5.41, 5.74) is 2.18. The van der Waals surface area contributed by atoms with E-state index in [9.17, 15) is 5.11 Å². The monoisotopic (exact) mass is 328 g/mol. The molecule has 24 heavy (non-hydrogen) atoms. The van der Waals surface area contributed by atoms with Crippen molar-refractivity contribution in [3.05, 3.63) is 54.6 Å². The highest BCUT2D eigenvalue weighted by atomic mass is 16.5. The number of likely N-dealkylation sites (N-methyl/N-ethyl adjacent to an activating group) is 1. The number of para-hydroxylation sites is 1. The second kappa shape index (κ2) is 8.32. The standard InChI is InChI=1S/C21H30NO2/c1-5-22(4,17(2)3)15-19(23)16-24-21-14-10-9-13-20(21)18-11-7-6-8-12-18/h6-14,17,19,23H,5,15-16H2,1-4H3/q+1. The van der Waals surface area contributed by atoms with Crippen molar-refractivity contribution in [2.45, 2.75) is 32.9 Å². The van der Waals surface area contributed by atoms with Crippen LogP contribution in [0.5, 0.6) is 5.75 Å². The highest BCUT2D eigenvalue weighted by molar-refractivity contribution is 5.70. The van der Waals surface area contributed by atoms with Crippen molar-refractivity contribution < 1.29 is 14.3 Å². The lowest BCUT2D eigenvalue weighted by Crippen LogP contribution is -2.54. The van der Waals surface area contributed by atoms with Gasteiger partial charge in [-0.2, -0.15) is 0 Å². The molecule has 0 aliphatic carbocycles. The first-order valence-electron chi connectivity index (χ1n) is 8.76. The van der Waals surface area contributed by atoms with Gasteiger partial charge in [-0.25, -0.2) is 0 Å². The van der Waals surface area contributed by atoms with E-state index in [1.807, 2.05) is 36.4 Å². The molecule has 0 heterocycles. The molecule has 0 bridgehead atoms. The molecule has 0 aliphatic heterocycles. The Morgan fingerprint density at radius 2 is 1.62 bits per heavy atom. The van der Waals surface area contributed by atoms with Gasteiger partial charge in [0.05, 0.1) is 19.6 Å². The lowest BCUT2D eigenvalue weighted by molar-refractivity contribution is -0.930. The Hall–Kier alpha value is -1.84. The largest absolute Gasteiger partial charge is 0.490 e. The molecule has 0 aromatic heterocycles. The number of aliphatic hydroxyl groups excluding tert-OH is 1. The maximum Gasteiger partial charge on any atom is 0.137 e. The van der Waals surface area contributed by atoms with Gasteiger partial charge in [-0.3, -0.25) is 0 Å². The zero-order valence-corrected chi connectivity index (χ0v) is 15.3. The summed E-state index contributed by atoms with van der Waals surface area (Å²) in [5.74, 6) is 0.818. The maximum atomic E-state index is 10.4. The van der Waals surface area contributed by atoms with Gasteiger partial charge in [0.25, 0.3) is 0 Å². The van der Waals surface area contributed by atoms with Crippen molar-refractivity contribution in [1.29, 1.82) is 0 Å². The first kappa shape index (κ1) is 18.5. The topological polar surface area (TPSA) is 29.5 Å². The molecule has 0 fully saturated rings. The number of aliphatic hydroxyl groups is 1. The molecule has 0 saturated carbocycles. The maximum absolute atomic E-state index is 10.4. The van der Waals surface area contributed by atoms with Crippen molar-refractivity contribution in [2.24, 2.45) is 0 Å². The third-order valence-electron chi connectivity index (χ3n) is 5.00. The van der Waals surface area contributed by atoms with Gasteiger partial charge in [0.15, 0.2) is 0 Å². The summed E-state index contributed by atoms with van der Waals surface area (Å²) in [5, 5.41) is 10.4. The van der Waals surface area contributed by atoms with E-state index in [1.165, 1.54) is 0 Å². The molecule has 0 aliphatic rings. The van der Waals surface area contributed by atoms with Crippen molar-refractivity contribution in [3.63, 3.8) is 0 Å². The number of rotatable bonds is 8. The van der Waals surface area contributed by atoms with Crippen LogP contribution in [0.4, 0.5) is 0 Å². The van der Waals surface area contributed by atoms with E-state index in [1.54, 1.807) is 0 Å². The van der Waals surface area contributed by atoms with Gasteiger partial charge < -0.3 is 14.3 Å². The van der Waals surface area contributed by atoms with Crippen molar-refractivity contribution in [1.82, 2.24) is 0 Å². The van der Waals surface area contributed by atoms with E-state index in [2.05, 4.69) is 46.0 Å². The fourth-order valence-corrected chi connectivity index (χ4v) is 2.87. The van der Waals surface area contributed by atoms with Gasteiger partial charge in [0, 0.05) is 5.56 Å². The third kappa shape index (κ3) is 4.59. The lowest BCUT2D eigenvalue weighted by Gasteiger charge is -2.39. The lowest BCUT2D eigenvalue weighted by atomic mass is 10.1. The van der Waals surface area contributed by atoms with Crippen LogP contribution in [-0.4, -0.2) is 48.5 Å². The summed E-state index contributed by atoms with van der Waals surface area (Å²) in [6.07, 6.45) is -0.485. The molecule has 2 rings (SSSR count). The summed E-state index contributed by atoms with van der Waals surface area (Å²) in [4.78, 5) is 0. The molecule has 0 amide bonds. The zero-order valence-electron chi connectivity index (χ0n) is 15.3. The first-order valence-corrected chi connectivity index (χ1v) is 8.76. The summed E-state index contributed by atoms with van der Waals surface area (Å²) in [7, 11) is 2.19. The Kier molecular flexibility index (Phi) is 6.41. The van der Waals surface area contributed by atoms with Crippen LogP contribution >= 0.6 is 0 Å². The molecule has 3 heteroatoms. The third-order valence-corrected chi connectivity index (χ3v) is 5.00. The minimum atomic E-state index is -0.485. The van der Waals surface area contributed by atoms with E-state index in [0.717, 1.165) is 27.9 Å². The summed E-state index contributed by atoms with van der Waals surface area (Å²) in [6, 6.07) is 18.7. The van der Waals surface area contributed by atoms with Crippen LogP contribution in [0, 0.1) is 0 Å². The van der Waals surface area contributed by atoms with Gasteiger partial charge in [-0.15, -0.1) is 0 Å². The van der Waals surface area contributed by atoms with Gasteiger partial charge in [-0.05, 0) is 32.4 Å². The Bertz CT molecular complexity index is 627. The minimum absolute atomic E-state index is 0.310. The molecule has 2 aromatic rings. The highest BCUT2D eigenvalue weighted by Gasteiger charge is 2.27. The Labute approximate surface area is 146 Å². The molecule has 2 aromatic carbocycles. The molecule has 0 spiro atoms. The minimum Gasteiger partial charge on any atom is -0.490 e. The van der Waals surface area contributed by atoms with Gasteiger partial charge >= 0.3 is 0 Å². The van der Waals surface area contributed by atoms with Crippen molar-refractivity contribution in [2.75, 3.05) is 26.7 Å². The Morgan fingerprint density at radius 3 is 2.25 bits per heavy atom. The Balaban J connectivity index is 2.05. The number of nitrogens with zero attached hydrogens (tertiary/aromatic N) is 1. The molecule has 2 unspecified atom stereocenters. The zero-order chi connectivity index (χ0) is 17.6. The molecule has 0 radical (unpaired) electrons. The molecular formula is C21H30NO2+. The number of ether oxygens (including phenoxy) is 1. The van der Waals surface area contributed by atoms with E-state index in [4.69, 9.17) is 4.74 Å². The summed E-state index contributed by atoms with van der Waals surface area (Å²) >= 11 is 0. The van der Waals surface area contributed by atoms with Crippen molar-refractivity contribution >= 4 is 0 Å². The molecule has 130 valence electrons. The fourth-order valence-electron chi connectivity index (χ4n) is 2.87. The van der Waals surface area contributed by atoms with E-state index in [0.29, 0.717) is 19.2 Å². The van der Waals surface area contributed by atoms with Gasteiger partial charge in [-0.1, -0.05) is 48.5 Å². The predicted octanol–water partition coefficient (Wildman–Crippen LogP) is 3.97. The Morgan fingerprint density at radius 1 is 1.00 bits per heavy atom. The fraction of sp³-hybridized carbons (Fsp3) is 0.429. The normalized spacial score (nSPS) is 15.1. The summed E-state index contributed by atoms with van der Waals surface area (Å²) in [6.45, 7) is 8.56.